The monoisotopic (exact) mass is 368 g/mol. The highest BCUT2D eigenvalue weighted by molar-refractivity contribution is 6.42. The highest BCUT2D eigenvalue weighted by Gasteiger charge is 2.40. The molecule has 1 saturated carbocycles. The molecule has 1 aliphatic carbocycles. The molecule has 2 saturated heterocycles. The molecule has 5 nitrogen and oxygen atoms in total. The van der Waals surface area contributed by atoms with E-state index in [1.807, 2.05) is 23.1 Å². The zero-order chi connectivity index (χ0) is 16.7. The lowest BCUT2D eigenvalue weighted by Gasteiger charge is -2.37. The van der Waals surface area contributed by atoms with Gasteiger partial charge in [-0.3, -0.25) is 10.2 Å². The first-order chi connectivity index (χ1) is 11.6. The van der Waals surface area contributed by atoms with E-state index in [-0.39, 0.29) is 11.9 Å². The van der Waals surface area contributed by atoms with Crippen molar-refractivity contribution in [2.45, 2.75) is 31.3 Å². The predicted octanol–water partition coefficient (Wildman–Crippen LogP) is 2.29. The summed E-state index contributed by atoms with van der Waals surface area (Å²) in [4.78, 5) is 16.9. The number of hydrogen-bond acceptors (Lipinski definition) is 4. The average molecular weight is 369 g/mol. The highest BCUT2D eigenvalue weighted by atomic mass is 35.5. The number of carbonyl (C=O) groups excluding carboxylic acids is 1. The van der Waals surface area contributed by atoms with Crippen LogP contribution in [-0.2, 0) is 4.79 Å². The predicted molar refractivity (Wildman–Crippen MR) is 96.4 cm³/mol. The van der Waals surface area contributed by atoms with E-state index in [1.165, 1.54) is 12.8 Å². The fraction of sp³-hybridized carbons (Fsp3) is 0.588. The Balaban J connectivity index is 1.32. The molecule has 2 atom stereocenters. The summed E-state index contributed by atoms with van der Waals surface area (Å²) in [7, 11) is 0. The van der Waals surface area contributed by atoms with Gasteiger partial charge in [-0.1, -0.05) is 23.2 Å². The van der Waals surface area contributed by atoms with Crippen molar-refractivity contribution < 1.29 is 4.79 Å². The van der Waals surface area contributed by atoms with Gasteiger partial charge >= 0.3 is 0 Å². The molecule has 7 heteroatoms. The van der Waals surface area contributed by atoms with Crippen LogP contribution in [0.1, 0.15) is 19.3 Å². The summed E-state index contributed by atoms with van der Waals surface area (Å²) in [6, 6.07) is 6.09. The van der Waals surface area contributed by atoms with E-state index in [4.69, 9.17) is 23.2 Å². The van der Waals surface area contributed by atoms with Crippen LogP contribution in [0, 0.1) is 5.92 Å². The van der Waals surface area contributed by atoms with Gasteiger partial charge in [0.25, 0.3) is 0 Å². The third-order valence-electron chi connectivity index (χ3n) is 5.28. The van der Waals surface area contributed by atoms with Crippen LogP contribution in [0.2, 0.25) is 10.0 Å². The number of carbonyl (C=O) groups is 1. The second-order valence-corrected chi connectivity index (χ2v) is 7.75. The summed E-state index contributed by atoms with van der Waals surface area (Å²) in [5.41, 5.74) is 7.56. The van der Waals surface area contributed by atoms with Gasteiger partial charge in [0, 0.05) is 37.9 Å². The molecule has 130 valence electrons. The minimum atomic E-state index is -0.0767. The molecule has 3 fully saturated rings. The minimum absolute atomic E-state index is 0.0767. The van der Waals surface area contributed by atoms with Crippen molar-refractivity contribution >= 4 is 34.8 Å². The fourth-order valence-corrected chi connectivity index (χ4v) is 3.93. The van der Waals surface area contributed by atoms with E-state index in [1.54, 1.807) is 0 Å². The first-order valence-corrected chi connectivity index (χ1v) is 9.37. The molecule has 2 unspecified atom stereocenters. The molecule has 2 N–H and O–H groups in total. The molecule has 1 aromatic carbocycles. The number of anilines is 1. The van der Waals surface area contributed by atoms with E-state index in [0.29, 0.717) is 16.1 Å². The molecule has 0 bridgehead atoms. The van der Waals surface area contributed by atoms with Gasteiger partial charge in [0.05, 0.1) is 10.0 Å². The molecule has 0 aromatic heterocycles. The topological polar surface area (TPSA) is 47.6 Å². The number of halogens is 2. The summed E-state index contributed by atoms with van der Waals surface area (Å²) in [5, 5.41) is 1.14. The number of hydrogen-bond donors (Lipinski definition) is 2. The van der Waals surface area contributed by atoms with Gasteiger partial charge < -0.3 is 9.80 Å². The maximum Gasteiger partial charge on any atom is 0.241 e. The first-order valence-electron chi connectivity index (χ1n) is 8.61. The molecule has 1 amide bonds. The van der Waals surface area contributed by atoms with Crippen molar-refractivity contribution in [3.63, 3.8) is 0 Å². The number of amides is 1. The molecule has 2 heterocycles. The van der Waals surface area contributed by atoms with Crippen molar-refractivity contribution in [3.8, 4) is 0 Å². The van der Waals surface area contributed by atoms with Crippen LogP contribution in [0.3, 0.4) is 0 Å². The van der Waals surface area contributed by atoms with Crippen LogP contribution in [0.5, 0.6) is 0 Å². The van der Waals surface area contributed by atoms with E-state index in [9.17, 15) is 4.79 Å². The molecule has 1 aromatic rings. The number of nitrogens with zero attached hydrogens (tertiary/aromatic N) is 2. The van der Waals surface area contributed by atoms with Gasteiger partial charge in [0.2, 0.25) is 5.91 Å². The number of hydrazine groups is 1. The van der Waals surface area contributed by atoms with Crippen LogP contribution >= 0.6 is 23.2 Å². The molecular formula is C17H22Cl2N4O. The summed E-state index contributed by atoms with van der Waals surface area (Å²) in [6.07, 6.45) is 3.50. The van der Waals surface area contributed by atoms with Crippen LogP contribution < -0.4 is 15.8 Å². The lowest BCUT2D eigenvalue weighted by Crippen LogP contribution is -2.53. The average Bonchev–Trinajstić information content (AvgIpc) is 3.34. The molecule has 2 aliphatic heterocycles. The minimum Gasteiger partial charge on any atom is -0.368 e. The Morgan fingerprint density at radius 1 is 1.04 bits per heavy atom. The van der Waals surface area contributed by atoms with Gasteiger partial charge in [-0.2, -0.15) is 0 Å². The quantitative estimate of drug-likeness (QED) is 0.859. The van der Waals surface area contributed by atoms with Gasteiger partial charge in [-0.05, 0) is 43.4 Å². The first kappa shape index (κ1) is 16.5. The Bertz CT molecular complexity index is 629. The maximum atomic E-state index is 12.7. The molecule has 0 spiro atoms. The summed E-state index contributed by atoms with van der Waals surface area (Å²) in [5.74, 6) is 0.987. The summed E-state index contributed by atoms with van der Waals surface area (Å²) < 4.78 is 0. The Labute approximate surface area is 152 Å². The number of piperazine rings is 1. The van der Waals surface area contributed by atoms with Gasteiger partial charge in [-0.25, -0.2) is 5.43 Å². The smallest absolute Gasteiger partial charge is 0.241 e. The number of rotatable bonds is 3. The van der Waals surface area contributed by atoms with E-state index >= 15 is 0 Å². The molecule has 3 aliphatic rings. The number of nitrogens with one attached hydrogen (secondary N) is 2. The molecular weight excluding hydrogens is 347 g/mol. The zero-order valence-corrected chi connectivity index (χ0v) is 15.0. The van der Waals surface area contributed by atoms with Crippen molar-refractivity contribution in [3.05, 3.63) is 28.2 Å². The summed E-state index contributed by atoms with van der Waals surface area (Å²) in [6.45, 7) is 3.11. The van der Waals surface area contributed by atoms with Crippen LogP contribution in [0.4, 0.5) is 5.69 Å². The third-order valence-corrected chi connectivity index (χ3v) is 6.02. The van der Waals surface area contributed by atoms with Gasteiger partial charge in [-0.15, -0.1) is 0 Å². The van der Waals surface area contributed by atoms with Crippen molar-refractivity contribution in [2.24, 2.45) is 5.92 Å². The molecule has 0 radical (unpaired) electrons. The fourth-order valence-electron chi connectivity index (χ4n) is 3.64. The lowest BCUT2D eigenvalue weighted by molar-refractivity contribution is -0.133. The Morgan fingerprint density at radius 3 is 2.46 bits per heavy atom. The van der Waals surface area contributed by atoms with Crippen molar-refractivity contribution in [2.75, 3.05) is 31.1 Å². The molecule has 4 rings (SSSR count). The van der Waals surface area contributed by atoms with Gasteiger partial charge in [0.15, 0.2) is 0 Å². The number of benzene rings is 1. The van der Waals surface area contributed by atoms with Crippen molar-refractivity contribution in [1.82, 2.24) is 15.8 Å². The van der Waals surface area contributed by atoms with Crippen LogP contribution in [-0.4, -0.2) is 49.1 Å². The highest BCUT2D eigenvalue weighted by Crippen LogP contribution is 2.36. The largest absolute Gasteiger partial charge is 0.368 e. The van der Waals surface area contributed by atoms with Crippen LogP contribution in [0.25, 0.3) is 0 Å². The van der Waals surface area contributed by atoms with Crippen LogP contribution in [0.15, 0.2) is 18.2 Å². The van der Waals surface area contributed by atoms with Gasteiger partial charge in [0.1, 0.15) is 6.04 Å². The zero-order valence-electron chi connectivity index (χ0n) is 13.5. The van der Waals surface area contributed by atoms with E-state index < -0.39 is 0 Å². The lowest BCUT2D eigenvalue weighted by atomic mass is 10.1. The normalized spacial score (nSPS) is 27.6. The van der Waals surface area contributed by atoms with E-state index in [2.05, 4.69) is 15.8 Å². The third kappa shape index (κ3) is 3.36. The second-order valence-electron chi connectivity index (χ2n) is 6.93. The van der Waals surface area contributed by atoms with Crippen molar-refractivity contribution in [1.29, 1.82) is 0 Å². The van der Waals surface area contributed by atoms with E-state index in [0.717, 1.165) is 44.2 Å². The Hall–Kier alpha value is -1.01. The summed E-state index contributed by atoms with van der Waals surface area (Å²) >= 11 is 12.1. The maximum absolute atomic E-state index is 12.7. The second kappa shape index (κ2) is 6.71. The Kier molecular flexibility index (Phi) is 4.60. The SMILES string of the molecule is O=C(C1CC(C2CC2)NN1)N1CCN(c2ccc(Cl)c(Cl)c2)CC1. The molecule has 24 heavy (non-hydrogen) atoms. The Morgan fingerprint density at radius 2 is 1.79 bits per heavy atom. The standard InChI is InChI=1S/C17H22Cl2N4O/c18-13-4-3-12(9-14(13)19)22-5-7-23(8-6-22)17(24)16-10-15(20-21-16)11-1-2-11/h3-4,9,11,15-16,20-21H,1-2,5-8,10H2.